The van der Waals surface area contributed by atoms with Crippen LogP contribution < -0.4 is 5.32 Å². The summed E-state index contributed by atoms with van der Waals surface area (Å²) in [5.41, 5.74) is 4.43. The highest BCUT2D eigenvalue weighted by atomic mass is 32.2. The Hall–Kier alpha value is -2.18. The second-order valence-corrected chi connectivity index (χ2v) is 10.8. The molecule has 0 bridgehead atoms. The minimum Gasteiger partial charge on any atom is -0.348 e. The van der Waals surface area contributed by atoms with Gasteiger partial charge in [0.1, 0.15) is 0 Å². The lowest BCUT2D eigenvalue weighted by Crippen LogP contribution is -2.46. The topological polar surface area (TPSA) is 66.5 Å². The van der Waals surface area contributed by atoms with Crippen molar-refractivity contribution in [1.29, 1.82) is 0 Å². The standard InChI is InChI=1S/C25H32N2O3S/c1-18-14-15-22(16-19(18)2)31(29,30)27(21-10-4-5-11-21)17-25(28)26-24-13-7-9-20-8-3-6-12-23(20)24/h3,6,8,12,14-16,21,24H,4-5,7,9-11,13,17H2,1-2H3,(H,26,28). The molecule has 0 aromatic heterocycles. The molecule has 31 heavy (non-hydrogen) atoms. The van der Waals surface area contributed by atoms with Gasteiger partial charge in [0.05, 0.1) is 17.5 Å². The lowest BCUT2D eigenvalue weighted by molar-refractivity contribution is -0.122. The second-order valence-electron chi connectivity index (χ2n) is 8.95. The van der Waals surface area contributed by atoms with Crippen molar-refractivity contribution in [2.24, 2.45) is 0 Å². The van der Waals surface area contributed by atoms with Gasteiger partial charge in [-0.25, -0.2) is 8.42 Å². The summed E-state index contributed by atoms with van der Waals surface area (Å²) in [6, 6.07) is 13.3. The van der Waals surface area contributed by atoms with E-state index in [4.69, 9.17) is 0 Å². The van der Waals surface area contributed by atoms with Crippen molar-refractivity contribution in [2.45, 2.75) is 75.8 Å². The fourth-order valence-electron chi connectivity index (χ4n) is 4.90. The van der Waals surface area contributed by atoms with Gasteiger partial charge in [-0.1, -0.05) is 43.2 Å². The number of rotatable bonds is 6. The molecule has 1 amide bonds. The van der Waals surface area contributed by atoms with Crippen molar-refractivity contribution < 1.29 is 13.2 Å². The van der Waals surface area contributed by atoms with Crippen molar-refractivity contribution >= 4 is 15.9 Å². The Balaban J connectivity index is 1.56. The largest absolute Gasteiger partial charge is 0.348 e. The smallest absolute Gasteiger partial charge is 0.243 e. The first-order valence-electron chi connectivity index (χ1n) is 11.3. The number of carbonyl (C=O) groups is 1. The highest BCUT2D eigenvalue weighted by Crippen LogP contribution is 2.31. The van der Waals surface area contributed by atoms with E-state index in [-0.39, 0.29) is 29.4 Å². The molecule has 1 unspecified atom stereocenters. The van der Waals surface area contributed by atoms with E-state index in [9.17, 15) is 13.2 Å². The van der Waals surface area contributed by atoms with Gasteiger partial charge >= 0.3 is 0 Å². The molecule has 0 aliphatic heterocycles. The normalized spacial score (nSPS) is 19.4. The number of hydrogen-bond donors (Lipinski definition) is 1. The molecule has 2 aliphatic rings. The molecule has 2 aliphatic carbocycles. The Morgan fingerprint density at radius 3 is 2.48 bits per heavy atom. The number of hydrogen-bond acceptors (Lipinski definition) is 3. The van der Waals surface area contributed by atoms with E-state index in [1.54, 1.807) is 12.1 Å². The van der Waals surface area contributed by atoms with Crippen LogP contribution in [0.1, 0.15) is 66.8 Å². The first kappa shape index (κ1) is 22.0. The third-order valence-electron chi connectivity index (χ3n) is 6.82. The van der Waals surface area contributed by atoms with Crippen LogP contribution in [0.4, 0.5) is 0 Å². The predicted octanol–water partition coefficient (Wildman–Crippen LogP) is 4.43. The molecule has 1 atom stereocenters. The highest BCUT2D eigenvalue weighted by Gasteiger charge is 2.35. The van der Waals surface area contributed by atoms with Crippen molar-refractivity contribution in [3.63, 3.8) is 0 Å². The number of amides is 1. The Kier molecular flexibility index (Phi) is 6.49. The number of nitrogens with zero attached hydrogens (tertiary/aromatic N) is 1. The average Bonchev–Trinajstić information content (AvgIpc) is 3.28. The molecule has 2 aromatic carbocycles. The highest BCUT2D eigenvalue weighted by molar-refractivity contribution is 7.89. The van der Waals surface area contributed by atoms with E-state index in [1.807, 2.05) is 32.0 Å². The molecule has 166 valence electrons. The average molecular weight is 441 g/mol. The van der Waals surface area contributed by atoms with Gasteiger partial charge in [-0.05, 0) is 80.3 Å². The van der Waals surface area contributed by atoms with Crippen molar-refractivity contribution in [3.8, 4) is 0 Å². The van der Waals surface area contributed by atoms with Crippen LogP contribution in [-0.4, -0.2) is 31.2 Å². The third kappa shape index (κ3) is 4.70. The molecule has 5 nitrogen and oxygen atoms in total. The maximum atomic E-state index is 13.6. The molecule has 1 saturated carbocycles. The zero-order valence-electron chi connectivity index (χ0n) is 18.4. The fraction of sp³-hybridized carbons (Fsp3) is 0.480. The van der Waals surface area contributed by atoms with Gasteiger partial charge in [0.15, 0.2) is 0 Å². The molecule has 1 fully saturated rings. The monoisotopic (exact) mass is 440 g/mol. The summed E-state index contributed by atoms with van der Waals surface area (Å²) >= 11 is 0. The minimum absolute atomic E-state index is 0.0489. The van der Waals surface area contributed by atoms with Gasteiger partial charge in [0.25, 0.3) is 0 Å². The summed E-state index contributed by atoms with van der Waals surface area (Å²) in [4.78, 5) is 13.3. The minimum atomic E-state index is -3.75. The molecule has 1 N–H and O–H groups in total. The molecule has 4 rings (SSSR count). The molecule has 0 heterocycles. The molecule has 0 spiro atoms. The maximum absolute atomic E-state index is 13.6. The molecule has 0 saturated heterocycles. The van der Waals surface area contributed by atoms with Crippen LogP contribution in [-0.2, 0) is 21.2 Å². The van der Waals surface area contributed by atoms with E-state index in [2.05, 4.69) is 17.4 Å². The van der Waals surface area contributed by atoms with Gasteiger partial charge in [0, 0.05) is 6.04 Å². The Labute approximate surface area is 185 Å². The molecule has 0 radical (unpaired) electrons. The first-order chi connectivity index (χ1) is 14.9. The van der Waals surface area contributed by atoms with Crippen molar-refractivity contribution in [1.82, 2.24) is 9.62 Å². The van der Waals surface area contributed by atoms with Gasteiger partial charge in [-0.15, -0.1) is 0 Å². The summed E-state index contributed by atoms with van der Waals surface area (Å²) in [6.07, 6.45) is 6.55. The third-order valence-corrected chi connectivity index (χ3v) is 8.72. The predicted molar refractivity (Wildman–Crippen MR) is 122 cm³/mol. The van der Waals surface area contributed by atoms with E-state index in [1.165, 1.54) is 9.87 Å². The zero-order chi connectivity index (χ0) is 22.0. The van der Waals surface area contributed by atoms with Gasteiger partial charge in [0.2, 0.25) is 15.9 Å². The molecular weight excluding hydrogens is 408 g/mol. The van der Waals surface area contributed by atoms with E-state index >= 15 is 0 Å². The summed E-state index contributed by atoms with van der Waals surface area (Å²) in [5, 5.41) is 3.13. The Bertz CT molecular complexity index is 1060. The van der Waals surface area contributed by atoms with Crippen LogP contribution in [0.5, 0.6) is 0 Å². The SMILES string of the molecule is Cc1ccc(S(=O)(=O)N(CC(=O)NC2CCCc3ccccc32)C2CCCC2)cc1C. The summed E-state index contributed by atoms with van der Waals surface area (Å²) in [5.74, 6) is -0.221. The van der Waals surface area contributed by atoms with Crippen molar-refractivity contribution in [2.75, 3.05) is 6.54 Å². The fourth-order valence-corrected chi connectivity index (χ4v) is 6.62. The summed E-state index contributed by atoms with van der Waals surface area (Å²) in [6.45, 7) is 3.76. The van der Waals surface area contributed by atoms with Crippen LogP contribution in [0, 0.1) is 13.8 Å². The van der Waals surface area contributed by atoms with Crippen molar-refractivity contribution in [3.05, 3.63) is 64.7 Å². The Morgan fingerprint density at radius 2 is 1.74 bits per heavy atom. The first-order valence-corrected chi connectivity index (χ1v) is 12.8. The number of aryl methyl sites for hydroxylation is 3. The maximum Gasteiger partial charge on any atom is 0.243 e. The number of benzene rings is 2. The van der Waals surface area contributed by atoms with E-state index in [0.717, 1.165) is 61.6 Å². The lowest BCUT2D eigenvalue weighted by Gasteiger charge is -2.30. The summed E-state index contributed by atoms with van der Waals surface area (Å²) in [7, 11) is -3.75. The van der Waals surface area contributed by atoms with Crippen LogP contribution in [0.3, 0.4) is 0 Å². The van der Waals surface area contributed by atoms with Gasteiger partial charge in [-0.2, -0.15) is 4.31 Å². The number of nitrogens with one attached hydrogen (secondary N) is 1. The zero-order valence-corrected chi connectivity index (χ0v) is 19.2. The second kappa shape index (κ2) is 9.13. The molecule has 6 heteroatoms. The summed E-state index contributed by atoms with van der Waals surface area (Å²) < 4.78 is 28.6. The number of carbonyl (C=O) groups excluding carboxylic acids is 1. The van der Waals surface area contributed by atoms with Crippen LogP contribution in [0.2, 0.25) is 0 Å². The van der Waals surface area contributed by atoms with E-state index in [0.29, 0.717) is 0 Å². The quantitative estimate of drug-likeness (QED) is 0.723. The number of sulfonamides is 1. The molecule has 2 aromatic rings. The Morgan fingerprint density at radius 1 is 1.00 bits per heavy atom. The van der Waals surface area contributed by atoms with E-state index < -0.39 is 10.0 Å². The number of fused-ring (bicyclic) bond motifs is 1. The van der Waals surface area contributed by atoms with Gasteiger partial charge in [-0.3, -0.25) is 4.79 Å². The van der Waals surface area contributed by atoms with Gasteiger partial charge < -0.3 is 5.32 Å². The molecular formula is C25H32N2O3S. The van der Waals surface area contributed by atoms with Crippen LogP contribution in [0.25, 0.3) is 0 Å². The lowest BCUT2D eigenvalue weighted by atomic mass is 9.88. The van der Waals surface area contributed by atoms with Crippen LogP contribution in [0.15, 0.2) is 47.4 Å². The van der Waals surface area contributed by atoms with Crippen LogP contribution >= 0.6 is 0 Å².